The van der Waals surface area contributed by atoms with Crippen molar-refractivity contribution >= 4 is 0 Å². The van der Waals surface area contributed by atoms with Crippen LogP contribution in [0.3, 0.4) is 0 Å². The zero-order valence-electron chi connectivity index (χ0n) is 9.41. The van der Waals surface area contributed by atoms with E-state index in [2.05, 4.69) is 33.8 Å². The number of hydrogen-bond donors (Lipinski definition) is 0. The summed E-state index contributed by atoms with van der Waals surface area (Å²) in [6.45, 7) is 0.700. The second kappa shape index (κ2) is 5.47. The quantitative estimate of drug-likeness (QED) is 0.767. The number of rotatable bonds is 5. The number of imidazole rings is 1. The minimum atomic E-state index is 0.315. The van der Waals surface area contributed by atoms with Crippen molar-refractivity contribution in [2.45, 2.75) is 12.5 Å². The van der Waals surface area contributed by atoms with Crippen LogP contribution in [0.1, 0.15) is 11.6 Å². The Labute approximate surface area is 95.7 Å². The van der Waals surface area contributed by atoms with E-state index in [9.17, 15) is 0 Å². The molecule has 1 aromatic carbocycles. The molecule has 0 bridgehead atoms. The van der Waals surface area contributed by atoms with Gasteiger partial charge in [-0.2, -0.15) is 0 Å². The summed E-state index contributed by atoms with van der Waals surface area (Å²) < 4.78 is 7.35. The van der Waals surface area contributed by atoms with E-state index >= 15 is 0 Å². The van der Waals surface area contributed by atoms with Crippen LogP contribution in [0.25, 0.3) is 0 Å². The Hall–Kier alpha value is -1.61. The van der Waals surface area contributed by atoms with E-state index in [-0.39, 0.29) is 0 Å². The third-order valence-electron chi connectivity index (χ3n) is 2.62. The van der Waals surface area contributed by atoms with Crippen LogP contribution in [-0.4, -0.2) is 23.3 Å². The van der Waals surface area contributed by atoms with Crippen LogP contribution in [0.2, 0.25) is 0 Å². The highest BCUT2D eigenvalue weighted by atomic mass is 16.5. The van der Waals surface area contributed by atoms with E-state index < -0.39 is 0 Å². The fraction of sp³-hybridized carbons (Fsp3) is 0.308. The smallest absolute Gasteiger partial charge is 0.0949 e. The van der Waals surface area contributed by atoms with Crippen LogP contribution < -0.4 is 0 Å². The maximum absolute atomic E-state index is 5.25. The Morgan fingerprint density at radius 3 is 2.75 bits per heavy atom. The van der Waals surface area contributed by atoms with Crippen molar-refractivity contribution in [1.29, 1.82) is 0 Å². The monoisotopic (exact) mass is 216 g/mol. The van der Waals surface area contributed by atoms with Gasteiger partial charge in [0.2, 0.25) is 0 Å². The summed E-state index contributed by atoms with van der Waals surface area (Å²) in [4.78, 5) is 4.07. The first-order chi connectivity index (χ1) is 7.90. The molecule has 3 heteroatoms. The summed E-state index contributed by atoms with van der Waals surface area (Å²) in [7, 11) is 1.73. The molecule has 84 valence electrons. The lowest BCUT2D eigenvalue weighted by atomic mass is 10.1. The first kappa shape index (κ1) is 10.9. The first-order valence-corrected chi connectivity index (χ1v) is 5.40. The minimum Gasteiger partial charge on any atom is -0.383 e. The molecule has 3 nitrogen and oxygen atoms in total. The second-order valence-corrected chi connectivity index (χ2v) is 3.81. The summed E-state index contributed by atoms with van der Waals surface area (Å²) in [6.07, 6.45) is 6.58. The van der Waals surface area contributed by atoms with E-state index in [0.717, 1.165) is 6.42 Å². The number of ether oxygens (including phenoxy) is 1. The number of benzene rings is 1. The lowest BCUT2D eigenvalue weighted by molar-refractivity contribution is 0.155. The molecule has 0 N–H and O–H groups in total. The van der Waals surface area contributed by atoms with E-state index in [4.69, 9.17) is 4.74 Å². The fourth-order valence-electron chi connectivity index (χ4n) is 1.81. The van der Waals surface area contributed by atoms with Crippen molar-refractivity contribution in [2.75, 3.05) is 13.7 Å². The van der Waals surface area contributed by atoms with Crippen LogP contribution in [0, 0.1) is 0 Å². The van der Waals surface area contributed by atoms with Crippen molar-refractivity contribution in [3.05, 3.63) is 54.6 Å². The highest BCUT2D eigenvalue weighted by Crippen LogP contribution is 2.14. The van der Waals surface area contributed by atoms with Gasteiger partial charge in [-0.1, -0.05) is 30.3 Å². The van der Waals surface area contributed by atoms with Gasteiger partial charge >= 0.3 is 0 Å². The fourth-order valence-corrected chi connectivity index (χ4v) is 1.81. The summed E-state index contributed by atoms with van der Waals surface area (Å²) in [5, 5.41) is 0. The van der Waals surface area contributed by atoms with Gasteiger partial charge in [0.05, 0.1) is 19.0 Å². The zero-order chi connectivity index (χ0) is 11.2. The van der Waals surface area contributed by atoms with Gasteiger partial charge in [-0.05, 0) is 12.0 Å². The topological polar surface area (TPSA) is 27.1 Å². The molecule has 1 aromatic heterocycles. The molecule has 0 aliphatic carbocycles. The van der Waals surface area contributed by atoms with Crippen molar-refractivity contribution in [2.24, 2.45) is 0 Å². The standard InChI is InChI=1S/C13H16N2O/c1-16-10-13(15-8-7-14-11-15)9-12-5-3-2-4-6-12/h2-8,11,13H,9-10H2,1H3/t13-/m0/s1. The molecule has 0 radical (unpaired) electrons. The van der Waals surface area contributed by atoms with Gasteiger partial charge in [-0.15, -0.1) is 0 Å². The maximum atomic E-state index is 5.25. The van der Waals surface area contributed by atoms with Crippen molar-refractivity contribution < 1.29 is 4.74 Å². The van der Waals surface area contributed by atoms with Crippen molar-refractivity contribution in [1.82, 2.24) is 9.55 Å². The molecule has 16 heavy (non-hydrogen) atoms. The maximum Gasteiger partial charge on any atom is 0.0949 e. The average molecular weight is 216 g/mol. The number of methoxy groups -OCH3 is 1. The molecule has 0 saturated carbocycles. The van der Waals surface area contributed by atoms with Crippen LogP contribution in [0.4, 0.5) is 0 Å². The van der Waals surface area contributed by atoms with Crippen LogP contribution in [0.15, 0.2) is 49.1 Å². The number of hydrogen-bond acceptors (Lipinski definition) is 2. The summed E-state index contributed by atoms with van der Waals surface area (Å²) in [6, 6.07) is 10.8. The average Bonchev–Trinajstić information content (AvgIpc) is 2.83. The van der Waals surface area contributed by atoms with Crippen LogP contribution >= 0.6 is 0 Å². The third kappa shape index (κ3) is 2.70. The van der Waals surface area contributed by atoms with Crippen molar-refractivity contribution in [3.8, 4) is 0 Å². The highest BCUT2D eigenvalue weighted by molar-refractivity contribution is 5.15. The Morgan fingerprint density at radius 2 is 2.12 bits per heavy atom. The van der Waals surface area contributed by atoms with Gasteiger partial charge in [-0.25, -0.2) is 4.98 Å². The second-order valence-electron chi connectivity index (χ2n) is 3.81. The molecule has 1 atom stereocenters. The normalized spacial score (nSPS) is 12.6. The SMILES string of the molecule is COC[C@H](Cc1ccccc1)n1ccnc1. The van der Waals surface area contributed by atoms with Gasteiger partial charge in [-0.3, -0.25) is 0 Å². The molecule has 0 aliphatic heterocycles. The van der Waals surface area contributed by atoms with E-state index in [1.807, 2.05) is 18.6 Å². The molecule has 0 amide bonds. The predicted molar refractivity (Wildman–Crippen MR) is 63.3 cm³/mol. The molecular weight excluding hydrogens is 200 g/mol. The van der Waals surface area contributed by atoms with E-state index in [1.165, 1.54) is 5.56 Å². The molecule has 2 rings (SSSR count). The van der Waals surface area contributed by atoms with E-state index in [0.29, 0.717) is 12.6 Å². The zero-order valence-corrected chi connectivity index (χ0v) is 9.41. The lowest BCUT2D eigenvalue weighted by Crippen LogP contribution is -2.15. The third-order valence-corrected chi connectivity index (χ3v) is 2.62. The van der Waals surface area contributed by atoms with Gasteiger partial charge in [0.15, 0.2) is 0 Å². The molecule has 0 spiro atoms. The predicted octanol–water partition coefficient (Wildman–Crippen LogP) is 2.31. The van der Waals surface area contributed by atoms with Gasteiger partial charge in [0.1, 0.15) is 0 Å². The Bertz CT molecular complexity index is 397. The molecule has 0 unspecified atom stereocenters. The summed E-state index contributed by atoms with van der Waals surface area (Å²) in [5.41, 5.74) is 1.32. The van der Waals surface area contributed by atoms with Gasteiger partial charge in [0.25, 0.3) is 0 Å². The number of nitrogens with zero attached hydrogens (tertiary/aromatic N) is 2. The molecule has 0 fully saturated rings. The Morgan fingerprint density at radius 1 is 1.31 bits per heavy atom. The summed E-state index contributed by atoms with van der Waals surface area (Å²) >= 11 is 0. The Balaban J connectivity index is 2.09. The minimum absolute atomic E-state index is 0.315. The van der Waals surface area contributed by atoms with Crippen molar-refractivity contribution in [3.63, 3.8) is 0 Å². The number of aromatic nitrogens is 2. The molecular formula is C13H16N2O. The van der Waals surface area contributed by atoms with Gasteiger partial charge in [0, 0.05) is 19.5 Å². The summed E-state index contributed by atoms with van der Waals surface area (Å²) in [5.74, 6) is 0. The molecule has 0 aliphatic rings. The highest BCUT2D eigenvalue weighted by Gasteiger charge is 2.10. The Kier molecular flexibility index (Phi) is 3.72. The van der Waals surface area contributed by atoms with Gasteiger partial charge < -0.3 is 9.30 Å². The van der Waals surface area contributed by atoms with E-state index in [1.54, 1.807) is 13.3 Å². The molecule has 2 aromatic rings. The largest absolute Gasteiger partial charge is 0.383 e. The van der Waals surface area contributed by atoms with Crippen LogP contribution in [0.5, 0.6) is 0 Å². The molecule has 1 heterocycles. The first-order valence-electron chi connectivity index (χ1n) is 5.40. The molecule has 0 saturated heterocycles. The van der Waals surface area contributed by atoms with Crippen LogP contribution in [-0.2, 0) is 11.2 Å². The lowest BCUT2D eigenvalue weighted by Gasteiger charge is -2.17.